The lowest BCUT2D eigenvalue weighted by Crippen LogP contribution is -2.12. The van der Waals surface area contributed by atoms with E-state index in [9.17, 15) is 13.2 Å². The van der Waals surface area contributed by atoms with Crippen LogP contribution in [0.15, 0.2) is 53.8 Å². The van der Waals surface area contributed by atoms with E-state index in [1.54, 1.807) is 24.3 Å². The summed E-state index contributed by atoms with van der Waals surface area (Å²) >= 11 is 0. The molecule has 2 aromatic heterocycles. The number of pyridine rings is 1. The average Bonchev–Trinajstić information content (AvgIpc) is 3.00. The fourth-order valence-electron chi connectivity index (χ4n) is 2.76. The van der Waals surface area contributed by atoms with Gasteiger partial charge in [0.2, 0.25) is 0 Å². The summed E-state index contributed by atoms with van der Waals surface area (Å²) in [7, 11) is -3.86. The van der Waals surface area contributed by atoms with Gasteiger partial charge in [0.05, 0.1) is 12.1 Å². The Morgan fingerprint density at radius 2 is 2.12 bits per heavy atom. The number of hydrogen-bond acceptors (Lipinski definition) is 5. The smallest absolute Gasteiger partial charge is 0.303 e. The van der Waals surface area contributed by atoms with Crippen LogP contribution in [0.1, 0.15) is 18.9 Å². The van der Waals surface area contributed by atoms with E-state index in [0.717, 1.165) is 0 Å². The zero-order valence-corrected chi connectivity index (χ0v) is 14.9. The molecule has 3 aromatic rings. The molecule has 0 fully saturated rings. The molecule has 0 saturated carbocycles. The molecule has 0 bridgehead atoms. The molecule has 0 aliphatic heterocycles. The molecule has 26 heavy (non-hydrogen) atoms. The van der Waals surface area contributed by atoms with Crippen molar-refractivity contribution in [3.63, 3.8) is 0 Å². The molecular formula is C18H18N2O5S. The molecule has 0 spiro atoms. The summed E-state index contributed by atoms with van der Waals surface area (Å²) in [6, 6.07) is 8.17. The van der Waals surface area contributed by atoms with Crippen molar-refractivity contribution in [1.29, 1.82) is 0 Å². The lowest BCUT2D eigenvalue weighted by Gasteiger charge is -2.08. The van der Waals surface area contributed by atoms with Gasteiger partial charge in [-0.3, -0.25) is 9.78 Å². The van der Waals surface area contributed by atoms with Crippen LogP contribution in [0.4, 0.5) is 0 Å². The van der Waals surface area contributed by atoms with Crippen LogP contribution in [-0.4, -0.2) is 35.1 Å². The van der Waals surface area contributed by atoms with E-state index in [0.29, 0.717) is 28.8 Å². The minimum atomic E-state index is -3.86. The molecule has 0 saturated heterocycles. The standard InChI is InChI=1S/C18H18N2O5S/c1-2-25-14-6-7-16-13(5-8-18(21)22)12-20(17(16)10-14)26(23,24)15-4-3-9-19-11-15/h3-4,6-7,9-12H,2,5,8H2,1H3,(H,21,22). The van der Waals surface area contributed by atoms with E-state index in [2.05, 4.69) is 4.98 Å². The Hall–Kier alpha value is -2.87. The first-order chi connectivity index (χ1) is 12.4. The summed E-state index contributed by atoms with van der Waals surface area (Å²) in [5, 5.41) is 9.63. The van der Waals surface area contributed by atoms with E-state index in [1.807, 2.05) is 6.92 Å². The monoisotopic (exact) mass is 374 g/mol. The van der Waals surface area contributed by atoms with Crippen molar-refractivity contribution in [3.8, 4) is 5.75 Å². The van der Waals surface area contributed by atoms with Gasteiger partial charge in [-0.1, -0.05) is 0 Å². The summed E-state index contributed by atoms with van der Waals surface area (Å²) in [5.74, 6) is -0.391. The van der Waals surface area contributed by atoms with Gasteiger partial charge < -0.3 is 9.84 Å². The number of fused-ring (bicyclic) bond motifs is 1. The van der Waals surface area contributed by atoms with E-state index in [4.69, 9.17) is 9.84 Å². The number of ether oxygens (including phenoxy) is 1. The van der Waals surface area contributed by atoms with E-state index in [1.165, 1.54) is 28.6 Å². The van der Waals surface area contributed by atoms with E-state index < -0.39 is 16.0 Å². The number of benzene rings is 1. The molecule has 1 N–H and O–H groups in total. The number of nitrogens with zero attached hydrogens (tertiary/aromatic N) is 2. The van der Waals surface area contributed by atoms with Crippen LogP contribution in [0, 0.1) is 0 Å². The first-order valence-electron chi connectivity index (χ1n) is 8.07. The van der Waals surface area contributed by atoms with Crippen LogP contribution >= 0.6 is 0 Å². The topological polar surface area (TPSA) is 98.5 Å². The second-order valence-corrected chi connectivity index (χ2v) is 7.46. The predicted octanol–water partition coefficient (Wildman–Crippen LogP) is 2.69. The Morgan fingerprint density at radius 3 is 2.77 bits per heavy atom. The van der Waals surface area contributed by atoms with E-state index >= 15 is 0 Å². The summed E-state index contributed by atoms with van der Waals surface area (Å²) in [6.45, 7) is 2.29. The molecule has 136 valence electrons. The van der Waals surface area contributed by atoms with Gasteiger partial charge in [-0.15, -0.1) is 0 Å². The molecular weight excluding hydrogens is 356 g/mol. The molecule has 7 nitrogen and oxygen atoms in total. The van der Waals surface area contributed by atoms with Crippen LogP contribution in [0.25, 0.3) is 10.9 Å². The minimum absolute atomic E-state index is 0.0588. The molecule has 0 radical (unpaired) electrons. The molecule has 8 heteroatoms. The summed E-state index contributed by atoms with van der Waals surface area (Å²) in [6.07, 6.45) is 4.41. The molecule has 3 rings (SSSR count). The lowest BCUT2D eigenvalue weighted by atomic mass is 10.1. The lowest BCUT2D eigenvalue weighted by molar-refractivity contribution is -0.136. The molecule has 0 aliphatic carbocycles. The molecule has 0 aliphatic rings. The van der Waals surface area contributed by atoms with Gasteiger partial charge in [0.25, 0.3) is 10.0 Å². The van der Waals surface area contributed by atoms with Crippen molar-refractivity contribution < 1.29 is 23.1 Å². The fraction of sp³-hybridized carbons (Fsp3) is 0.222. The number of aromatic nitrogens is 2. The number of aryl methyl sites for hydroxylation is 1. The third kappa shape index (κ3) is 3.41. The number of rotatable bonds is 7. The van der Waals surface area contributed by atoms with Gasteiger partial charge >= 0.3 is 5.97 Å². The maximum Gasteiger partial charge on any atom is 0.303 e. The first kappa shape index (κ1) is 17.9. The van der Waals surface area contributed by atoms with Gasteiger partial charge in [0.15, 0.2) is 0 Å². The average molecular weight is 374 g/mol. The number of carbonyl (C=O) groups is 1. The Bertz CT molecular complexity index is 1040. The van der Waals surface area contributed by atoms with Gasteiger partial charge in [0.1, 0.15) is 10.6 Å². The van der Waals surface area contributed by atoms with Crippen LogP contribution in [0.2, 0.25) is 0 Å². The highest BCUT2D eigenvalue weighted by molar-refractivity contribution is 7.90. The van der Waals surface area contributed by atoms with Crippen molar-refractivity contribution in [2.45, 2.75) is 24.7 Å². The number of carboxylic acid groups (broad SMARTS) is 1. The van der Waals surface area contributed by atoms with Gasteiger partial charge in [-0.05, 0) is 43.2 Å². The van der Waals surface area contributed by atoms with E-state index in [-0.39, 0.29) is 17.7 Å². The molecule has 0 amide bonds. The molecule has 0 unspecified atom stereocenters. The Kier molecular flexibility index (Phi) is 4.94. The van der Waals surface area contributed by atoms with Gasteiger partial charge in [-0.2, -0.15) is 0 Å². The molecule has 0 atom stereocenters. The molecule has 2 heterocycles. The SMILES string of the molecule is CCOc1ccc2c(CCC(=O)O)cn(S(=O)(=O)c3cccnc3)c2c1. The second kappa shape index (κ2) is 7.17. The van der Waals surface area contributed by atoms with Crippen molar-refractivity contribution >= 4 is 26.9 Å². The third-order valence-corrected chi connectivity index (χ3v) is 5.59. The highest BCUT2D eigenvalue weighted by Crippen LogP contribution is 2.30. The van der Waals surface area contributed by atoms with Crippen LogP contribution in [-0.2, 0) is 21.2 Å². The quantitative estimate of drug-likeness (QED) is 0.683. The van der Waals surface area contributed by atoms with Gasteiger partial charge in [-0.25, -0.2) is 12.4 Å². The Morgan fingerprint density at radius 1 is 1.31 bits per heavy atom. The normalized spacial score (nSPS) is 11.6. The van der Waals surface area contributed by atoms with Gasteiger partial charge in [0, 0.05) is 36.5 Å². The largest absolute Gasteiger partial charge is 0.494 e. The van der Waals surface area contributed by atoms with Crippen LogP contribution in [0.5, 0.6) is 5.75 Å². The predicted molar refractivity (Wildman–Crippen MR) is 95.9 cm³/mol. The van der Waals surface area contributed by atoms with Crippen molar-refractivity contribution in [2.75, 3.05) is 6.61 Å². The Labute approximate surface area is 150 Å². The maximum absolute atomic E-state index is 13.0. The summed E-state index contributed by atoms with van der Waals surface area (Å²) < 4.78 is 32.7. The zero-order chi connectivity index (χ0) is 18.7. The van der Waals surface area contributed by atoms with Crippen LogP contribution < -0.4 is 4.74 Å². The number of carboxylic acids is 1. The Balaban J connectivity index is 2.19. The summed E-state index contributed by atoms with van der Waals surface area (Å²) in [4.78, 5) is 14.9. The first-order valence-corrected chi connectivity index (χ1v) is 9.51. The highest BCUT2D eigenvalue weighted by atomic mass is 32.2. The number of hydrogen-bond donors (Lipinski definition) is 1. The summed E-state index contributed by atoms with van der Waals surface area (Å²) in [5.41, 5.74) is 1.10. The van der Waals surface area contributed by atoms with Crippen molar-refractivity contribution in [1.82, 2.24) is 8.96 Å². The molecule has 1 aromatic carbocycles. The van der Waals surface area contributed by atoms with Crippen molar-refractivity contribution in [2.24, 2.45) is 0 Å². The second-order valence-electron chi connectivity index (χ2n) is 5.65. The fourth-order valence-corrected chi connectivity index (χ4v) is 4.10. The maximum atomic E-state index is 13.0. The van der Waals surface area contributed by atoms with Crippen molar-refractivity contribution in [3.05, 3.63) is 54.5 Å². The van der Waals surface area contributed by atoms with Crippen LogP contribution in [0.3, 0.4) is 0 Å². The third-order valence-electron chi connectivity index (χ3n) is 3.94. The minimum Gasteiger partial charge on any atom is -0.494 e. The highest BCUT2D eigenvalue weighted by Gasteiger charge is 2.22. The number of aliphatic carboxylic acids is 1. The zero-order valence-electron chi connectivity index (χ0n) is 14.1.